The van der Waals surface area contributed by atoms with Gasteiger partial charge in [0.25, 0.3) is 0 Å². The summed E-state index contributed by atoms with van der Waals surface area (Å²) in [6.07, 6.45) is 4.04. The van der Waals surface area contributed by atoms with Crippen LogP contribution >= 0.6 is 0 Å². The fourth-order valence-electron chi connectivity index (χ4n) is 5.83. The van der Waals surface area contributed by atoms with Crippen LogP contribution < -0.4 is 0 Å². The molecule has 1 aliphatic rings. The predicted molar refractivity (Wildman–Crippen MR) is 156 cm³/mol. The van der Waals surface area contributed by atoms with Crippen molar-refractivity contribution in [3.63, 3.8) is 0 Å². The van der Waals surface area contributed by atoms with E-state index in [1.165, 1.54) is 58.3 Å². The Balaban J connectivity index is 0.000000394. The van der Waals surface area contributed by atoms with Gasteiger partial charge in [0.2, 0.25) is 0 Å². The first-order chi connectivity index (χ1) is 18.0. The van der Waals surface area contributed by atoms with Crippen LogP contribution in [0.4, 0.5) is 0 Å². The third-order valence-corrected chi connectivity index (χ3v) is 7.29. The summed E-state index contributed by atoms with van der Waals surface area (Å²) in [7, 11) is 0. The van der Waals surface area contributed by atoms with Crippen LogP contribution in [0.25, 0.3) is 44.0 Å². The van der Waals surface area contributed by atoms with Crippen LogP contribution in [-0.2, 0) is 36.7 Å². The molecular weight excluding hydrogens is 663 g/mol. The molecule has 2 heterocycles. The number of carbonyl (C=O) groups excluding carboxylic acids is 1. The van der Waals surface area contributed by atoms with E-state index in [0.29, 0.717) is 5.92 Å². The Morgan fingerprint density at radius 2 is 1.87 bits per heavy atom. The third kappa shape index (κ3) is 5.06. The molecule has 5 aromatic rings. The number of carbonyl (C=O) groups is 1. The first-order valence-electron chi connectivity index (χ1n) is 13.2. The number of fused-ring (bicyclic) bond motifs is 4. The summed E-state index contributed by atoms with van der Waals surface area (Å²) < 4.78 is 6.50. The number of aryl methyl sites for hydroxylation is 1. The average Bonchev–Trinajstić information content (AvgIpc) is 3.19. The van der Waals surface area contributed by atoms with Gasteiger partial charge in [-0.15, -0.1) is 23.3 Å². The molecule has 6 rings (SSSR count). The van der Waals surface area contributed by atoms with Crippen molar-refractivity contribution in [1.29, 1.82) is 0 Å². The number of aromatic nitrogens is 1. The molecule has 0 fully saturated rings. The Morgan fingerprint density at radius 1 is 1.13 bits per heavy atom. The molecule has 0 saturated carbocycles. The van der Waals surface area contributed by atoms with Crippen molar-refractivity contribution in [2.24, 2.45) is 5.92 Å². The number of furan rings is 1. The van der Waals surface area contributed by atoms with E-state index in [9.17, 15) is 4.79 Å². The number of hydrogen-bond acceptors (Lipinski definition) is 4. The minimum atomic E-state index is -0.216. The summed E-state index contributed by atoms with van der Waals surface area (Å²) in [5, 5.41) is 13.2. The number of aliphatic hydroxyl groups is 1. The zero-order valence-electron chi connectivity index (χ0n) is 23.5. The van der Waals surface area contributed by atoms with E-state index >= 15 is 0 Å². The second-order valence-corrected chi connectivity index (χ2v) is 11.4. The van der Waals surface area contributed by atoms with Gasteiger partial charge in [0.1, 0.15) is 11.2 Å². The molecule has 1 N–H and O–H groups in total. The van der Waals surface area contributed by atoms with Crippen molar-refractivity contribution in [1.82, 2.24) is 4.98 Å². The van der Waals surface area contributed by atoms with E-state index in [1.807, 2.05) is 12.3 Å². The van der Waals surface area contributed by atoms with E-state index in [2.05, 4.69) is 77.1 Å². The first kappa shape index (κ1) is 28.7. The molecule has 1 radical (unpaired) electrons. The first-order valence-corrected chi connectivity index (χ1v) is 13.2. The second-order valence-electron chi connectivity index (χ2n) is 11.4. The van der Waals surface area contributed by atoms with Crippen LogP contribution in [-0.4, -0.2) is 15.9 Å². The van der Waals surface area contributed by atoms with E-state index < -0.39 is 0 Å². The van der Waals surface area contributed by atoms with Gasteiger partial charge in [-0.25, -0.2) is 0 Å². The molecule has 4 nitrogen and oxygen atoms in total. The molecule has 5 heteroatoms. The number of hydrogen-bond donors (Lipinski definition) is 1. The molecule has 0 atom stereocenters. The third-order valence-electron chi connectivity index (χ3n) is 7.29. The van der Waals surface area contributed by atoms with Gasteiger partial charge in [-0.05, 0) is 61.4 Å². The molecule has 2 aromatic heterocycles. The smallest absolute Gasteiger partial charge is 0.155 e. The van der Waals surface area contributed by atoms with Gasteiger partial charge in [0.05, 0.1) is 5.76 Å². The van der Waals surface area contributed by atoms with Gasteiger partial charge >= 0.3 is 0 Å². The van der Waals surface area contributed by atoms with Crippen molar-refractivity contribution in [2.45, 2.75) is 60.3 Å². The molecule has 0 amide bonds. The summed E-state index contributed by atoms with van der Waals surface area (Å²) in [4.78, 5) is 14.9. The maximum atomic E-state index is 10.0. The molecule has 0 aliphatic heterocycles. The molecule has 0 bridgehead atoms. The van der Waals surface area contributed by atoms with Gasteiger partial charge in [-0.1, -0.05) is 74.4 Å². The Kier molecular flexibility index (Phi) is 7.89. The molecule has 203 valence electrons. The van der Waals surface area contributed by atoms with Crippen LogP contribution in [0.15, 0.2) is 64.9 Å². The molecule has 0 spiro atoms. The van der Waals surface area contributed by atoms with Crippen molar-refractivity contribution >= 4 is 38.5 Å². The van der Waals surface area contributed by atoms with Gasteiger partial charge in [0, 0.05) is 43.2 Å². The van der Waals surface area contributed by atoms with E-state index in [4.69, 9.17) is 14.5 Å². The van der Waals surface area contributed by atoms with E-state index in [-0.39, 0.29) is 37.1 Å². The monoisotopic (exact) mass is 697 g/mol. The number of allylic oxidation sites excluding steroid dienone is 2. The maximum Gasteiger partial charge on any atom is 0.155 e. The van der Waals surface area contributed by atoms with Crippen LogP contribution in [0.5, 0.6) is 0 Å². The SMILES string of the molecule is CC(=O)/C=C(/C)O.Cc1ccc2c3c([c-]cc2c1)-c1nccc2oc4c(CC(C)C)ccc(c4c12)C3(C)C.[Ir]. The van der Waals surface area contributed by atoms with Crippen molar-refractivity contribution in [3.05, 3.63) is 88.8 Å². The Bertz CT molecular complexity index is 1750. The van der Waals surface area contributed by atoms with Crippen LogP contribution in [0, 0.1) is 18.9 Å². The Labute approximate surface area is 243 Å². The minimum Gasteiger partial charge on any atom is -0.512 e. The average molecular weight is 697 g/mol. The van der Waals surface area contributed by atoms with Crippen molar-refractivity contribution in [2.75, 3.05) is 0 Å². The van der Waals surface area contributed by atoms with E-state index in [0.717, 1.165) is 34.2 Å². The molecular formula is C34H34IrNO3-. The van der Waals surface area contributed by atoms with Gasteiger partial charge in [-0.3, -0.25) is 4.79 Å². The molecule has 0 saturated heterocycles. The quantitative estimate of drug-likeness (QED) is 0.116. The minimum absolute atomic E-state index is 0. The largest absolute Gasteiger partial charge is 0.512 e. The molecule has 0 unspecified atom stereocenters. The van der Waals surface area contributed by atoms with Crippen LogP contribution in [0.2, 0.25) is 0 Å². The number of rotatable bonds is 3. The zero-order chi connectivity index (χ0) is 27.4. The number of ketones is 1. The number of benzene rings is 3. The summed E-state index contributed by atoms with van der Waals surface area (Å²) in [5.74, 6) is 0.503. The van der Waals surface area contributed by atoms with Gasteiger partial charge in [0.15, 0.2) is 5.78 Å². The zero-order valence-corrected chi connectivity index (χ0v) is 25.9. The van der Waals surface area contributed by atoms with Crippen LogP contribution in [0.3, 0.4) is 0 Å². The van der Waals surface area contributed by atoms with Gasteiger partial charge < -0.3 is 14.5 Å². The fraction of sp³-hybridized carbons (Fsp3) is 0.294. The molecule has 3 aromatic carbocycles. The summed E-state index contributed by atoms with van der Waals surface area (Å²) in [5.41, 5.74) is 8.97. The number of pyridine rings is 1. The summed E-state index contributed by atoms with van der Waals surface area (Å²) in [6.45, 7) is 14.2. The molecule has 39 heavy (non-hydrogen) atoms. The standard InChI is InChI=1S/C29H26NO.C5H8O2.Ir/c1-16(2)14-19-8-11-22-24-25-23(31-28(19)24)12-13-30-27(25)21-10-7-18-15-17(3)6-9-20(18)26(21)29(22,4)5;1-4(6)3-5(2)7;/h6-9,11-13,15-16H,14H2,1-5H3;3,6H,1-2H3;/q-1;;/b;4-3-;. The number of aliphatic hydroxyl groups excluding tert-OH is 1. The molecule has 1 aliphatic carbocycles. The second kappa shape index (κ2) is 10.7. The van der Waals surface area contributed by atoms with E-state index in [1.54, 1.807) is 0 Å². The van der Waals surface area contributed by atoms with Crippen LogP contribution in [0.1, 0.15) is 63.8 Å². The summed E-state index contributed by atoms with van der Waals surface area (Å²) in [6, 6.07) is 19.1. The van der Waals surface area contributed by atoms with Gasteiger partial charge in [-0.2, -0.15) is 0 Å². The fourth-order valence-corrected chi connectivity index (χ4v) is 5.83. The predicted octanol–water partition coefficient (Wildman–Crippen LogP) is 8.78. The van der Waals surface area contributed by atoms with Crippen molar-refractivity contribution < 1.29 is 34.4 Å². The van der Waals surface area contributed by atoms with Crippen molar-refractivity contribution in [3.8, 4) is 11.3 Å². The Morgan fingerprint density at radius 3 is 2.51 bits per heavy atom. The Hall–Kier alpha value is -3.27. The number of nitrogens with zero attached hydrogens (tertiary/aromatic N) is 1. The maximum absolute atomic E-state index is 10.0. The topological polar surface area (TPSA) is 63.3 Å². The summed E-state index contributed by atoms with van der Waals surface area (Å²) >= 11 is 0. The normalized spacial score (nSPS) is 13.7.